The first-order valence-corrected chi connectivity index (χ1v) is 9.84. The molecule has 0 saturated heterocycles. The molecule has 0 fully saturated rings. The van der Waals surface area contributed by atoms with E-state index in [1.807, 2.05) is 0 Å². The van der Waals surface area contributed by atoms with Crippen molar-refractivity contribution >= 4 is 11.9 Å². The Morgan fingerprint density at radius 3 is 2.52 bits per heavy atom. The number of terminal acetylenes is 1. The molecular weight excluding hydrogens is 376 g/mol. The van der Waals surface area contributed by atoms with E-state index in [-0.39, 0.29) is 18.6 Å². The average Bonchev–Trinajstić information content (AvgIpc) is 2.63. The van der Waals surface area contributed by atoms with Crippen LogP contribution in [0.3, 0.4) is 0 Å². The number of allylic oxidation sites excluding steroid dienone is 1. The number of benzene rings is 1. The number of ether oxygens (including phenoxy) is 1. The summed E-state index contributed by atoms with van der Waals surface area (Å²) in [7, 11) is 0. The van der Waals surface area contributed by atoms with Crippen molar-refractivity contribution in [2.45, 2.75) is 58.4 Å². The maximum absolute atomic E-state index is 13.5. The Morgan fingerprint density at radius 1 is 1.21 bits per heavy atom. The zero-order chi connectivity index (χ0) is 21.6. The van der Waals surface area contributed by atoms with Crippen LogP contribution in [0.15, 0.2) is 30.4 Å². The van der Waals surface area contributed by atoms with E-state index in [4.69, 9.17) is 11.2 Å². The molecule has 4 nitrogen and oxygen atoms in total. The second-order valence-electron chi connectivity index (χ2n) is 7.25. The van der Waals surface area contributed by atoms with Gasteiger partial charge in [-0.1, -0.05) is 26.3 Å². The van der Waals surface area contributed by atoms with Gasteiger partial charge in [0.15, 0.2) is 0 Å². The van der Waals surface area contributed by atoms with E-state index in [1.54, 1.807) is 6.08 Å². The van der Waals surface area contributed by atoms with Gasteiger partial charge >= 0.3 is 5.97 Å². The molecule has 0 radical (unpaired) electrons. The second-order valence-corrected chi connectivity index (χ2v) is 7.25. The van der Waals surface area contributed by atoms with Crippen LogP contribution in [0, 0.1) is 29.9 Å². The van der Waals surface area contributed by atoms with Crippen LogP contribution in [0.5, 0.6) is 0 Å². The van der Waals surface area contributed by atoms with Gasteiger partial charge in [-0.3, -0.25) is 4.79 Å². The molecule has 0 aliphatic rings. The zero-order valence-corrected chi connectivity index (χ0v) is 17.0. The Hall–Kier alpha value is -2.68. The van der Waals surface area contributed by atoms with Crippen molar-refractivity contribution in [2.24, 2.45) is 5.92 Å². The highest BCUT2D eigenvalue weighted by Gasteiger charge is 2.22. The number of hydrogen-bond acceptors (Lipinski definition) is 3. The minimum atomic E-state index is -1.06. The Labute approximate surface area is 171 Å². The molecule has 0 aromatic heterocycles. The molecule has 1 aromatic rings. The van der Waals surface area contributed by atoms with Crippen LogP contribution in [0.2, 0.25) is 0 Å². The molecule has 1 aromatic carbocycles. The standard InChI is InChI=1S/C23H29F2NO3/c1-4-5-9-12-29-23(28)21(15-18-13-19(24)16-20(25)14-18)26-22(27)11-8-6-7-10-17(2)3/h1,8,11,13-14,16-17,21H,5-7,9-10,12,15H2,2-3H3,(H,26,27)/b11-8+/t21-/m0/s1. The lowest BCUT2D eigenvalue weighted by atomic mass is 10.1. The lowest BCUT2D eigenvalue weighted by Crippen LogP contribution is -2.42. The maximum Gasteiger partial charge on any atom is 0.328 e. The highest BCUT2D eigenvalue weighted by molar-refractivity contribution is 5.91. The first kappa shape index (κ1) is 24.4. The van der Waals surface area contributed by atoms with Crippen molar-refractivity contribution in [3.63, 3.8) is 0 Å². The lowest BCUT2D eigenvalue weighted by molar-refractivity contribution is -0.147. The van der Waals surface area contributed by atoms with Crippen LogP contribution in [0.25, 0.3) is 0 Å². The summed E-state index contributed by atoms with van der Waals surface area (Å²) >= 11 is 0. The van der Waals surface area contributed by atoms with E-state index < -0.39 is 29.6 Å². The summed E-state index contributed by atoms with van der Waals surface area (Å²) in [6, 6.07) is 1.93. The van der Waals surface area contributed by atoms with Crippen molar-refractivity contribution in [1.82, 2.24) is 5.32 Å². The van der Waals surface area contributed by atoms with E-state index in [2.05, 4.69) is 25.1 Å². The van der Waals surface area contributed by atoms with Gasteiger partial charge in [0.25, 0.3) is 0 Å². The third-order valence-electron chi connectivity index (χ3n) is 4.09. The lowest BCUT2D eigenvalue weighted by Gasteiger charge is -2.17. The van der Waals surface area contributed by atoms with E-state index in [0.717, 1.165) is 37.5 Å². The fourth-order valence-corrected chi connectivity index (χ4v) is 2.66. The van der Waals surface area contributed by atoms with E-state index in [0.29, 0.717) is 18.8 Å². The third kappa shape index (κ3) is 11.0. The van der Waals surface area contributed by atoms with Crippen LogP contribution < -0.4 is 5.32 Å². The molecule has 0 unspecified atom stereocenters. The molecule has 1 atom stereocenters. The van der Waals surface area contributed by atoms with Gasteiger partial charge in [-0.05, 0) is 49.0 Å². The molecule has 1 amide bonds. The molecule has 29 heavy (non-hydrogen) atoms. The first-order chi connectivity index (χ1) is 13.8. The minimum Gasteiger partial charge on any atom is -0.464 e. The smallest absolute Gasteiger partial charge is 0.328 e. The number of hydrogen-bond donors (Lipinski definition) is 1. The van der Waals surface area contributed by atoms with Gasteiger partial charge in [0.05, 0.1) is 6.61 Å². The van der Waals surface area contributed by atoms with Crippen LogP contribution in [0.1, 0.15) is 51.5 Å². The van der Waals surface area contributed by atoms with Gasteiger partial charge in [-0.15, -0.1) is 12.3 Å². The largest absolute Gasteiger partial charge is 0.464 e. The number of carbonyl (C=O) groups is 2. The average molecular weight is 405 g/mol. The molecule has 0 spiro atoms. The topological polar surface area (TPSA) is 55.4 Å². The Bertz CT molecular complexity index is 718. The van der Waals surface area contributed by atoms with E-state index in [1.165, 1.54) is 6.08 Å². The van der Waals surface area contributed by atoms with Crippen LogP contribution in [-0.4, -0.2) is 24.5 Å². The quantitative estimate of drug-likeness (QED) is 0.244. The molecule has 0 aliphatic carbocycles. The molecule has 1 rings (SSSR count). The fraction of sp³-hybridized carbons (Fsp3) is 0.478. The van der Waals surface area contributed by atoms with E-state index >= 15 is 0 Å². The minimum absolute atomic E-state index is 0.0877. The third-order valence-corrected chi connectivity index (χ3v) is 4.09. The van der Waals surface area contributed by atoms with Crippen molar-refractivity contribution in [1.29, 1.82) is 0 Å². The normalized spacial score (nSPS) is 12.0. The number of unbranched alkanes of at least 4 members (excludes halogenated alkanes) is 2. The summed E-state index contributed by atoms with van der Waals surface area (Å²) < 4.78 is 32.1. The van der Waals surface area contributed by atoms with Crippen LogP contribution in [-0.2, 0) is 20.7 Å². The molecular formula is C23H29F2NO3. The van der Waals surface area contributed by atoms with Gasteiger partial charge in [0.1, 0.15) is 17.7 Å². The Kier molecular flexibility index (Phi) is 11.3. The molecule has 0 aliphatic heterocycles. The molecule has 0 bridgehead atoms. The number of esters is 1. The summed E-state index contributed by atoms with van der Waals surface area (Å²) in [6.45, 7) is 4.37. The number of rotatable bonds is 12. The van der Waals surface area contributed by atoms with Crippen molar-refractivity contribution in [3.05, 3.63) is 47.5 Å². The van der Waals surface area contributed by atoms with Crippen molar-refractivity contribution in [3.8, 4) is 12.3 Å². The number of halogens is 2. The summed E-state index contributed by atoms with van der Waals surface area (Å²) in [5.74, 6) is 0.398. The van der Waals surface area contributed by atoms with Gasteiger partial charge < -0.3 is 10.1 Å². The van der Waals surface area contributed by atoms with Crippen LogP contribution >= 0.6 is 0 Å². The number of amides is 1. The summed E-state index contributed by atoms with van der Waals surface area (Å²) in [5.41, 5.74) is 0.245. The van der Waals surface area contributed by atoms with Gasteiger partial charge in [0, 0.05) is 18.9 Å². The molecule has 0 saturated carbocycles. The van der Waals surface area contributed by atoms with Gasteiger partial charge in [0.2, 0.25) is 5.91 Å². The first-order valence-electron chi connectivity index (χ1n) is 9.84. The number of nitrogens with one attached hydrogen (secondary N) is 1. The van der Waals surface area contributed by atoms with Crippen LogP contribution in [0.4, 0.5) is 8.78 Å². The summed E-state index contributed by atoms with van der Waals surface area (Å²) in [5, 5.41) is 2.56. The van der Waals surface area contributed by atoms with E-state index in [9.17, 15) is 18.4 Å². The van der Waals surface area contributed by atoms with Crippen molar-refractivity contribution < 1.29 is 23.1 Å². The van der Waals surface area contributed by atoms with Gasteiger partial charge in [-0.25, -0.2) is 13.6 Å². The second kappa shape index (κ2) is 13.5. The van der Waals surface area contributed by atoms with Gasteiger partial charge in [-0.2, -0.15) is 0 Å². The predicted molar refractivity (Wildman–Crippen MR) is 109 cm³/mol. The molecule has 6 heteroatoms. The van der Waals surface area contributed by atoms with Crippen molar-refractivity contribution in [2.75, 3.05) is 6.61 Å². The Balaban J connectivity index is 2.73. The molecule has 0 heterocycles. The molecule has 158 valence electrons. The summed E-state index contributed by atoms with van der Waals surface area (Å²) in [6.07, 6.45) is 11.9. The fourth-order valence-electron chi connectivity index (χ4n) is 2.66. The number of carbonyl (C=O) groups excluding carboxylic acids is 2. The highest BCUT2D eigenvalue weighted by Crippen LogP contribution is 2.11. The maximum atomic E-state index is 13.5. The summed E-state index contributed by atoms with van der Waals surface area (Å²) in [4.78, 5) is 24.5. The monoisotopic (exact) mass is 405 g/mol. The SMILES string of the molecule is C#CCCCOC(=O)[C@H](Cc1cc(F)cc(F)c1)NC(=O)/C=C/CCCC(C)C. The zero-order valence-electron chi connectivity index (χ0n) is 17.0. The Morgan fingerprint density at radius 2 is 1.90 bits per heavy atom. The molecule has 1 N–H and O–H groups in total. The predicted octanol–water partition coefficient (Wildman–Crippen LogP) is 4.33. The highest BCUT2D eigenvalue weighted by atomic mass is 19.1.